The molecule has 0 aliphatic carbocycles. The van der Waals surface area contributed by atoms with Gasteiger partial charge in [-0.2, -0.15) is 0 Å². The summed E-state index contributed by atoms with van der Waals surface area (Å²) < 4.78 is 0. The van der Waals surface area contributed by atoms with E-state index in [9.17, 15) is 9.59 Å². The van der Waals surface area contributed by atoms with Crippen LogP contribution in [0.4, 0.5) is 0 Å². The SMILES string of the molecule is Cc1nc(Cc2cccc(Cl)c2)[nH]c(=O)c1CC(=O)O. The Morgan fingerprint density at radius 1 is 1.45 bits per heavy atom. The van der Waals surface area contributed by atoms with E-state index >= 15 is 0 Å². The van der Waals surface area contributed by atoms with Gasteiger partial charge < -0.3 is 10.1 Å². The van der Waals surface area contributed by atoms with Crippen LogP contribution >= 0.6 is 11.6 Å². The van der Waals surface area contributed by atoms with Gasteiger partial charge >= 0.3 is 5.97 Å². The van der Waals surface area contributed by atoms with Crippen molar-refractivity contribution in [3.63, 3.8) is 0 Å². The fourth-order valence-corrected chi connectivity index (χ4v) is 2.16. The van der Waals surface area contributed by atoms with Gasteiger partial charge in [0.25, 0.3) is 5.56 Å². The van der Waals surface area contributed by atoms with Gasteiger partial charge in [-0.15, -0.1) is 0 Å². The van der Waals surface area contributed by atoms with E-state index in [0.717, 1.165) is 5.56 Å². The van der Waals surface area contributed by atoms with Crippen LogP contribution in [0.1, 0.15) is 22.6 Å². The summed E-state index contributed by atoms with van der Waals surface area (Å²) in [6.07, 6.45) is 0.107. The molecule has 0 aliphatic heterocycles. The summed E-state index contributed by atoms with van der Waals surface area (Å²) in [5, 5.41) is 9.37. The molecule has 1 aromatic heterocycles. The number of benzene rings is 1. The lowest BCUT2D eigenvalue weighted by atomic mass is 10.1. The van der Waals surface area contributed by atoms with Crippen LogP contribution in [0.2, 0.25) is 5.02 Å². The van der Waals surface area contributed by atoms with Crippen molar-refractivity contribution in [2.75, 3.05) is 0 Å². The standard InChI is InChI=1S/C14H13ClN2O3/c1-8-11(7-13(18)19)14(20)17-12(16-8)6-9-3-2-4-10(15)5-9/h2-5H,6-7H2,1H3,(H,18,19)(H,16,17,20). The Kier molecular flexibility index (Phi) is 4.20. The van der Waals surface area contributed by atoms with Crippen molar-refractivity contribution in [1.82, 2.24) is 9.97 Å². The van der Waals surface area contributed by atoms with Gasteiger partial charge in [-0.3, -0.25) is 9.59 Å². The van der Waals surface area contributed by atoms with Crippen molar-refractivity contribution in [3.8, 4) is 0 Å². The minimum Gasteiger partial charge on any atom is -0.481 e. The van der Waals surface area contributed by atoms with Gasteiger partial charge in [-0.05, 0) is 24.6 Å². The van der Waals surface area contributed by atoms with Crippen LogP contribution in [-0.2, 0) is 17.6 Å². The number of aliphatic carboxylic acids is 1. The predicted octanol–water partition coefficient (Wildman–Crippen LogP) is 1.95. The first-order valence-corrected chi connectivity index (χ1v) is 6.38. The molecule has 0 saturated carbocycles. The molecule has 5 nitrogen and oxygen atoms in total. The summed E-state index contributed by atoms with van der Waals surface area (Å²) in [6.45, 7) is 1.63. The van der Waals surface area contributed by atoms with E-state index in [2.05, 4.69) is 9.97 Å². The zero-order valence-corrected chi connectivity index (χ0v) is 11.6. The summed E-state index contributed by atoms with van der Waals surface area (Å²) in [5.74, 6) is -0.563. The van der Waals surface area contributed by atoms with Crippen molar-refractivity contribution in [1.29, 1.82) is 0 Å². The van der Waals surface area contributed by atoms with E-state index in [1.54, 1.807) is 19.1 Å². The highest BCUT2D eigenvalue weighted by Gasteiger charge is 2.12. The molecule has 0 fully saturated rings. The quantitative estimate of drug-likeness (QED) is 0.902. The Balaban J connectivity index is 2.31. The molecule has 6 heteroatoms. The molecule has 1 heterocycles. The van der Waals surface area contributed by atoms with Gasteiger partial charge in [-0.1, -0.05) is 23.7 Å². The lowest BCUT2D eigenvalue weighted by Crippen LogP contribution is -2.21. The molecule has 1 aromatic carbocycles. The van der Waals surface area contributed by atoms with Crippen LogP contribution in [0.3, 0.4) is 0 Å². The summed E-state index contributed by atoms with van der Waals surface area (Å²) in [5.41, 5.74) is 1.14. The topological polar surface area (TPSA) is 83.0 Å². The van der Waals surface area contributed by atoms with E-state index in [0.29, 0.717) is 23.0 Å². The lowest BCUT2D eigenvalue weighted by molar-refractivity contribution is -0.136. The van der Waals surface area contributed by atoms with Gasteiger partial charge in [0.2, 0.25) is 0 Å². The smallest absolute Gasteiger partial charge is 0.308 e. The number of carboxylic acid groups (broad SMARTS) is 1. The van der Waals surface area contributed by atoms with Gasteiger partial charge in [-0.25, -0.2) is 4.98 Å². The number of nitrogens with zero attached hydrogens (tertiary/aromatic N) is 1. The monoisotopic (exact) mass is 292 g/mol. The molecule has 2 aromatic rings. The third-order valence-electron chi connectivity index (χ3n) is 2.86. The maximum absolute atomic E-state index is 11.9. The molecular weight excluding hydrogens is 280 g/mol. The van der Waals surface area contributed by atoms with Crippen molar-refractivity contribution in [3.05, 3.63) is 62.3 Å². The minimum atomic E-state index is -1.05. The second-order valence-electron chi connectivity index (χ2n) is 4.45. The molecule has 20 heavy (non-hydrogen) atoms. The normalized spacial score (nSPS) is 10.5. The second-order valence-corrected chi connectivity index (χ2v) is 4.89. The summed E-state index contributed by atoms with van der Waals surface area (Å²) in [7, 11) is 0. The van der Waals surface area contributed by atoms with E-state index in [4.69, 9.17) is 16.7 Å². The molecule has 0 bridgehead atoms. The number of aromatic amines is 1. The van der Waals surface area contributed by atoms with Crippen LogP contribution in [0, 0.1) is 6.92 Å². The molecule has 2 N–H and O–H groups in total. The number of carbonyl (C=O) groups is 1. The largest absolute Gasteiger partial charge is 0.481 e. The van der Waals surface area contributed by atoms with Crippen LogP contribution in [0.15, 0.2) is 29.1 Å². The summed E-state index contributed by atoms with van der Waals surface area (Å²) in [4.78, 5) is 29.4. The fourth-order valence-electron chi connectivity index (χ4n) is 1.95. The highest BCUT2D eigenvalue weighted by molar-refractivity contribution is 6.30. The van der Waals surface area contributed by atoms with E-state index < -0.39 is 11.5 Å². The highest BCUT2D eigenvalue weighted by Crippen LogP contribution is 2.13. The number of hydrogen-bond acceptors (Lipinski definition) is 3. The van der Waals surface area contributed by atoms with E-state index in [1.807, 2.05) is 12.1 Å². The predicted molar refractivity (Wildman–Crippen MR) is 75.2 cm³/mol. The second kappa shape index (κ2) is 5.88. The molecule has 0 radical (unpaired) electrons. The summed E-state index contributed by atoms with van der Waals surface area (Å²) >= 11 is 5.90. The van der Waals surface area contributed by atoms with Crippen molar-refractivity contribution < 1.29 is 9.90 Å². The zero-order chi connectivity index (χ0) is 14.7. The number of aryl methyl sites for hydroxylation is 1. The Labute approximate surface area is 120 Å². The Morgan fingerprint density at radius 2 is 2.20 bits per heavy atom. The van der Waals surface area contributed by atoms with Gasteiger partial charge in [0, 0.05) is 22.7 Å². The average molecular weight is 293 g/mol. The number of aromatic nitrogens is 2. The Morgan fingerprint density at radius 3 is 2.80 bits per heavy atom. The average Bonchev–Trinajstić information content (AvgIpc) is 2.33. The third kappa shape index (κ3) is 3.45. The van der Waals surface area contributed by atoms with Crippen molar-refractivity contribution in [2.24, 2.45) is 0 Å². The molecule has 0 amide bonds. The fraction of sp³-hybridized carbons (Fsp3) is 0.214. The Hall–Kier alpha value is -2.14. The first-order chi connectivity index (χ1) is 9.45. The van der Waals surface area contributed by atoms with Crippen LogP contribution in [-0.4, -0.2) is 21.0 Å². The molecule has 0 unspecified atom stereocenters. The first kappa shape index (κ1) is 14.3. The maximum atomic E-state index is 11.9. The molecule has 2 rings (SSSR count). The number of hydrogen-bond donors (Lipinski definition) is 2. The number of halogens is 1. The highest BCUT2D eigenvalue weighted by atomic mass is 35.5. The number of rotatable bonds is 4. The molecule has 0 aliphatic rings. The maximum Gasteiger partial charge on any atom is 0.308 e. The van der Waals surface area contributed by atoms with E-state index in [-0.39, 0.29) is 12.0 Å². The minimum absolute atomic E-state index is 0.187. The third-order valence-corrected chi connectivity index (χ3v) is 3.10. The zero-order valence-electron chi connectivity index (χ0n) is 10.8. The van der Waals surface area contributed by atoms with Crippen molar-refractivity contribution >= 4 is 17.6 Å². The number of H-pyrrole nitrogens is 1. The van der Waals surface area contributed by atoms with Gasteiger partial charge in [0.05, 0.1) is 6.42 Å². The van der Waals surface area contributed by atoms with Crippen LogP contribution in [0.5, 0.6) is 0 Å². The Bertz CT molecular complexity index is 710. The molecular formula is C14H13ClN2O3. The first-order valence-electron chi connectivity index (χ1n) is 6.00. The van der Waals surface area contributed by atoms with Crippen LogP contribution in [0.25, 0.3) is 0 Å². The molecule has 104 valence electrons. The molecule has 0 atom stereocenters. The molecule has 0 spiro atoms. The van der Waals surface area contributed by atoms with Gasteiger partial charge in [0.15, 0.2) is 0 Å². The van der Waals surface area contributed by atoms with Crippen molar-refractivity contribution in [2.45, 2.75) is 19.8 Å². The van der Waals surface area contributed by atoms with Crippen LogP contribution < -0.4 is 5.56 Å². The number of carboxylic acids is 1. The van der Waals surface area contributed by atoms with E-state index in [1.165, 1.54) is 0 Å². The summed E-state index contributed by atoms with van der Waals surface area (Å²) in [6, 6.07) is 7.26. The number of nitrogens with one attached hydrogen (secondary N) is 1. The molecule has 0 saturated heterocycles. The van der Waals surface area contributed by atoms with Gasteiger partial charge in [0.1, 0.15) is 5.82 Å². The lowest BCUT2D eigenvalue weighted by Gasteiger charge is -2.06.